The molecule has 0 bridgehead atoms. The van der Waals surface area contributed by atoms with Gasteiger partial charge in [0.1, 0.15) is 9.84 Å². The topological polar surface area (TPSA) is 60.2 Å². The Morgan fingerprint density at radius 3 is 2.33 bits per heavy atom. The van der Waals surface area contributed by atoms with Gasteiger partial charge in [0, 0.05) is 12.8 Å². The number of hydrogen-bond acceptors (Lipinski definition) is 3. The summed E-state index contributed by atoms with van der Waals surface area (Å²) in [5.74, 6) is 0.173. The van der Waals surface area contributed by atoms with Crippen LogP contribution in [0.3, 0.4) is 0 Å². The minimum absolute atomic E-state index is 0.173. The molecular weight excluding hydrogens is 174 g/mol. The van der Waals surface area contributed by atoms with Gasteiger partial charge in [-0.1, -0.05) is 13.0 Å². The molecule has 0 saturated heterocycles. The maximum absolute atomic E-state index is 10.8. The maximum atomic E-state index is 10.8. The lowest BCUT2D eigenvalue weighted by atomic mass is 9.88. The van der Waals surface area contributed by atoms with Crippen molar-refractivity contribution < 1.29 is 8.42 Å². The summed E-state index contributed by atoms with van der Waals surface area (Å²) in [6.45, 7) is 5.97. The van der Waals surface area contributed by atoms with Gasteiger partial charge in [-0.25, -0.2) is 8.42 Å². The van der Waals surface area contributed by atoms with Crippen LogP contribution in [0.15, 0.2) is 12.7 Å². The van der Waals surface area contributed by atoms with Crippen molar-refractivity contribution in [2.45, 2.75) is 13.3 Å². The molecule has 0 aliphatic carbocycles. The smallest absolute Gasteiger partial charge is 0.147 e. The van der Waals surface area contributed by atoms with Crippen molar-refractivity contribution in [3.05, 3.63) is 12.7 Å². The van der Waals surface area contributed by atoms with Crippen LogP contribution in [-0.4, -0.2) is 27.0 Å². The Bertz CT molecular complexity index is 246. The molecule has 0 rings (SSSR count). The van der Waals surface area contributed by atoms with E-state index in [0.717, 1.165) is 0 Å². The molecule has 1 unspecified atom stereocenters. The van der Waals surface area contributed by atoms with Crippen LogP contribution in [0, 0.1) is 5.41 Å². The van der Waals surface area contributed by atoms with E-state index in [1.54, 1.807) is 6.08 Å². The third kappa shape index (κ3) is 4.51. The first-order chi connectivity index (χ1) is 5.33. The van der Waals surface area contributed by atoms with E-state index < -0.39 is 9.84 Å². The lowest BCUT2D eigenvalue weighted by molar-refractivity contribution is 0.424. The van der Waals surface area contributed by atoms with E-state index in [-0.39, 0.29) is 11.2 Å². The van der Waals surface area contributed by atoms with Gasteiger partial charge in [-0.2, -0.15) is 0 Å². The van der Waals surface area contributed by atoms with Gasteiger partial charge in [-0.05, 0) is 11.8 Å². The van der Waals surface area contributed by atoms with Gasteiger partial charge in [-0.3, -0.25) is 0 Å². The van der Waals surface area contributed by atoms with Crippen molar-refractivity contribution in [3.8, 4) is 0 Å². The van der Waals surface area contributed by atoms with Crippen LogP contribution in [0.1, 0.15) is 13.3 Å². The number of nitrogens with two attached hydrogens (primary N) is 1. The second kappa shape index (κ2) is 4.05. The summed E-state index contributed by atoms with van der Waals surface area (Å²) in [4.78, 5) is 0. The van der Waals surface area contributed by atoms with E-state index in [0.29, 0.717) is 13.0 Å². The summed E-state index contributed by atoms with van der Waals surface area (Å²) >= 11 is 0. The van der Waals surface area contributed by atoms with E-state index in [4.69, 9.17) is 5.73 Å². The monoisotopic (exact) mass is 191 g/mol. The minimum atomic E-state index is -2.88. The summed E-state index contributed by atoms with van der Waals surface area (Å²) in [5, 5.41) is 0. The first kappa shape index (κ1) is 11.6. The Morgan fingerprint density at radius 1 is 1.58 bits per heavy atom. The lowest BCUT2D eigenvalue weighted by Gasteiger charge is -2.22. The largest absolute Gasteiger partial charge is 0.330 e. The molecule has 72 valence electrons. The predicted molar refractivity (Wildman–Crippen MR) is 51.7 cm³/mol. The molecule has 1 atom stereocenters. The van der Waals surface area contributed by atoms with Crippen LogP contribution in [-0.2, 0) is 9.84 Å². The zero-order chi connectivity index (χ0) is 9.83. The van der Waals surface area contributed by atoms with Crippen LogP contribution in [0.5, 0.6) is 0 Å². The molecule has 3 nitrogen and oxygen atoms in total. The number of rotatable bonds is 5. The van der Waals surface area contributed by atoms with Gasteiger partial charge in [-0.15, -0.1) is 6.58 Å². The molecule has 0 saturated carbocycles. The molecule has 0 aliphatic rings. The molecule has 0 aromatic heterocycles. The molecule has 0 fully saturated rings. The van der Waals surface area contributed by atoms with E-state index in [2.05, 4.69) is 6.58 Å². The third-order valence-electron chi connectivity index (χ3n) is 2.00. The molecule has 0 spiro atoms. The second-order valence-electron chi connectivity index (χ2n) is 3.44. The highest BCUT2D eigenvalue weighted by Crippen LogP contribution is 2.21. The van der Waals surface area contributed by atoms with E-state index in [1.807, 2.05) is 6.92 Å². The van der Waals surface area contributed by atoms with Crippen molar-refractivity contribution in [2.75, 3.05) is 18.6 Å². The first-order valence-electron chi connectivity index (χ1n) is 3.84. The number of sulfone groups is 1. The van der Waals surface area contributed by atoms with Crippen molar-refractivity contribution >= 4 is 9.84 Å². The second-order valence-corrected chi connectivity index (χ2v) is 5.70. The summed E-state index contributed by atoms with van der Waals surface area (Å²) in [6.07, 6.45) is 3.50. The Balaban J connectivity index is 4.16. The third-order valence-corrected chi connectivity index (χ3v) is 2.95. The quantitative estimate of drug-likeness (QED) is 0.646. The Morgan fingerprint density at radius 2 is 2.08 bits per heavy atom. The fourth-order valence-corrected chi connectivity index (χ4v) is 1.54. The van der Waals surface area contributed by atoms with Crippen LogP contribution in [0.25, 0.3) is 0 Å². The Labute approximate surface area is 74.6 Å². The van der Waals surface area contributed by atoms with Crippen LogP contribution in [0.4, 0.5) is 0 Å². The van der Waals surface area contributed by atoms with Crippen LogP contribution in [0.2, 0.25) is 0 Å². The van der Waals surface area contributed by atoms with Gasteiger partial charge in [0.2, 0.25) is 0 Å². The molecule has 4 heteroatoms. The summed E-state index contributed by atoms with van der Waals surface area (Å²) in [7, 11) is -2.88. The molecule has 2 N–H and O–H groups in total. The van der Waals surface area contributed by atoms with Crippen LogP contribution >= 0.6 is 0 Å². The lowest BCUT2D eigenvalue weighted by Crippen LogP contribution is -2.27. The Kier molecular flexibility index (Phi) is 3.93. The highest BCUT2D eigenvalue weighted by Gasteiger charge is 2.19. The molecular formula is C8H17NO2S. The Hall–Kier alpha value is -0.350. The average Bonchev–Trinajstić information content (AvgIpc) is 1.99. The molecule has 0 radical (unpaired) electrons. The predicted octanol–water partition coefficient (Wildman–Crippen LogP) is 0.572. The van der Waals surface area contributed by atoms with E-state index in [9.17, 15) is 8.42 Å². The zero-order valence-corrected chi connectivity index (χ0v) is 8.52. The highest BCUT2D eigenvalue weighted by atomic mass is 32.2. The molecule has 0 heterocycles. The van der Waals surface area contributed by atoms with Gasteiger partial charge >= 0.3 is 0 Å². The zero-order valence-electron chi connectivity index (χ0n) is 7.71. The van der Waals surface area contributed by atoms with Crippen LogP contribution < -0.4 is 5.73 Å². The standard InChI is InChI=1S/C8H17NO2S/c1-4-8(2,7-9)5-6-12(3,10)11/h4H,1,5-7,9H2,2-3H3. The fourth-order valence-electron chi connectivity index (χ4n) is 0.706. The van der Waals surface area contributed by atoms with E-state index in [1.165, 1.54) is 6.26 Å². The normalized spacial score (nSPS) is 16.9. The molecule has 0 aromatic carbocycles. The first-order valence-corrected chi connectivity index (χ1v) is 5.90. The van der Waals surface area contributed by atoms with Crippen molar-refractivity contribution in [1.29, 1.82) is 0 Å². The number of hydrogen-bond donors (Lipinski definition) is 1. The molecule has 12 heavy (non-hydrogen) atoms. The summed E-state index contributed by atoms with van der Waals surface area (Å²) in [5.41, 5.74) is 5.23. The summed E-state index contributed by atoms with van der Waals surface area (Å²) in [6, 6.07) is 0. The fraction of sp³-hybridized carbons (Fsp3) is 0.750. The minimum Gasteiger partial charge on any atom is -0.330 e. The van der Waals surface area contributed by atoms with Gasteiger partial charge in [0.05, 0.1) is 5.75 Å². The average molecular weight is 191 g/mol. The summed E-state index contributed by atoms with van der Waals surface area (Å²) < 4.78 is 21.7. The van der Waals surface area contributed by atoms with E-state index >= 15 is 0 Å². The van der Waals surface area contributed by atoms with Crippen molar-refractivity contribution in [1.82, 2.24) is 0 Å². The molecule has 0 aliphatic heterocycles. The molecule has 0 aromatic rings. The van der Waals surface area contributed by atoms with Gasteiger partial charge in [0.25, 0.3) is 0 Å². The van der Waals surface area contributed by atoms with Crippen molar-refractivity contribution in [2.24, 2.45) is 11.1 Å². The SMILES string of the molecule is C=CC(C)(CN)CCS(C)(=O)=O. The van der Waals surface area contributed by atoms with Gasteiger partial charge in [0.15, 0.2) is 0 Å². The van der Waals surface area contributed by atoms with Gasteiger partial charge < -0.3 is 5.73 Å². The molecule has 0 amide bonds. The maximum Gasteiger partial charge on any atom is 0.147 e. The van der Waals surface area contributed by atoms with Crippen molar-refractivity contribution in [3.63, 3.8) is 0 Å². The highest BCUT2D eigenvalue weighted by molar-refractivity contribution is 7.90.